The van der Waals surface area contributed by atoms with Crippen LogP contribution >= 0.6 is 11.3 Å². The van der Waals surface area contributed by atoms with Crippen LogP contribution in [0.15, 0.2) is 72.9 Å². The average molecular weight is 524 g/mol. The van der Waals surface area contributed by atoms with Crippen LogP contribution in [0.1, 0.15) is 31.9 Å². The molecule has 0 saturated carbocycles. The standard InChI is InChI=1S/C31H33GeNS/c1-20-16-24(32(5,6)7)12-13-25(20)28-19-22-14-15-33-29(30(22)34-28)23-17-21-10-8-9-11-26(21)27(18-23)31(2,3)4/h8-19H,1-7H3. The molecule has 0 radical (unpaired) electrons. The van der Waals surface area contributed by atoms with Crippen LogP contribution in [0, 0.1) is 6.92 Å². The molecule has 0 aliphatic heterocycles. The molecule has 0 amide bonds. The van der Waals surface area contributed by atoms with Gasteiger partial charge in [0.1, 0.15) is 0 Å². The molecule has 5 aromatic rings. The van der Waals surface area contributed by atoms with Gasteiger partial charge in [0.25, 0.3) is 0 Å². The van der Waals surface area contributed by atoms with Crippen LogP contribution in [0.3, 0.4) is 0 Å². The van der Waals surface area contributed by atoms with E-state index in [1.807, 2.05) is 17.5 Å². The molecule has 34 heavy (non-hydrogen) atoms. The molecule has 0 saturated heterocycles. The number of nitrogens with zero attached hydrogens (tertiary/aromatic N) is 1. The van der Waals surface area contributed by atoms with Crippen molar-refractivity contribution in [3.8, 4) is 21.7 Å². The first kappa shape index (κ1) is 23.3. The summed E-state index contributed by atoms with van der Waals surface area (Å²) in [5, 5.41) is 3.88. The van der Waals surface area contributed by atoms with Gasteiger partial charge in [0.05, 0.1) is 0 Å². The molecule has 0 atom stereocenters. The molecule has 0 unspecified atom stereocenters. The van der Waals surface area contributed by atoms with Crippen LogP contribution in [0.25, 0.3) is 42.6 Å². The van der Waals surface area contributed by atoms with E-state index in [-0.39, 0.29) is 5.41 Å². The normalized spacial score (nSPS) is 12.6. The van der Waals surface area contributed by atoms with Crippen molar-refractivity contribution in [2.45, 2.75) is 50.4 Å². The first-order valence-corrected chi connectivity index (χ1v) is 20.2. The van der Waals surface area contributed by atoms with Crippen LogP contribution in [-0.4, -0.2) is 18.3 Å². The second-order valence-electron chi connectivity index (χ2n) is 11.5. The van der Waals surface area contributed by atoms with Gasteiger partial charge in [-0.3, -0.25) is 0 Å². The Morgan fingerprint density at radius 3 is 2.29 bits per heavy atom. The minimum absolute atomic E-state index is 0.0561. The Kier molecular flexibility index (Phi) is 5.73. The Bertz CT molecular complexity index is 1530. The van der Waals surface area contributed by atoms with E-state index in [4.69, 9.17) is 4.98 Å². The predicted molar refractivity (Wildman–Crippen MR) is 154 cm³/mol. The van der Waals surface area contributed by atoms with Gasteiger partial charge in [-0.05, 0) is 0 Å². The Morgan fingerprint density at radius 1 is 0.824 bits per heavy atom. The molecular weight excluding hydrogens is 491 g/mol. The molecule has 5 rings (SSSR count). The Labute approximate surface area is 210 Å². The van der Waals surface area contributed by atoms with Crippen molar-refractivity contribution in [3.63, 3.8) is 0 Å². The zero-order chi connectivity index (χ0) is 24.3. The van der Waals surface area contributed by atoms with Crippen LogP contribution in [0.2, 0.25) is 17.3 Å². The number of rotatable bonds is 3. The summed E-state index contributed by atoms with van der Waals surface area (Å²) in [5.74, 6) is 7.38. The van der Waals surface area contributed by atoms with E-state index in [0.717, 1.165) is 5.69 Å². The summed E-state index contributed by atoms with van der Waals surface area (Å²) in [6, 6.07) is 25.0. The van der Waals surface area contributed by atoms with E-state index in [9.17, 15) is 0 Å². The Hall–Kier alpha value is -2.43. The quantitative estimate of drug-likeness (QED) is 0.215. The third-order valence-electron chi connectivity index (χ3n) is 6.73. The first-order chi connectivity index (χ1) is 16.0. The van der Waals surface area contributed by atoms with Gasteiger partial charge in [0, 0.05) is 0 Å². The molecule has 0 aliphatic carbocycles. The molecule has 1 nitrogen and oxygen atoms in total. The molecule has 0 bridgehead atoms. The van der Waals surface area contributed by atoms with Gasteiger partial charge in [0.2, 0.25) is 0 Å². The average Bonchev–Trinajstić information content (AvgIpc) is 3.21. The third kappa shape index (κ3) is 4.23. The SMILES string of the molecule is Cc1c[c]([Ge]([CH3])([CH3])[CH3])ccc1-c1cc2ccnc(-c3cc(C(C)(C)C)c4ccccc4c3)c2s1. The molecule has 0 aliphatic rings. The number of aryl methyl sites for hydroxylation is 1. The van der Waals surface area contributed by atoms with Crippen LogP contribution < -0.4 is 4.40 Å². The fraction of sp³-hybridized carbons (Fsp3) is 0.258. The van der Waals surface area contributed by atoms with Crippen molar-refractivity contribution in [1.29, 1.82) is 0 Å². The van der Waals surface area contributed by atoms with Crippen molar-refractivity contribution in [3.05, 3.63) is 84.1 Å². The van der Waals surface area contributed by atoms with Gasteiger partial charge in [-0.15, -0.1) is 0 Å². The fourth-order valence-corrected chi connectivity index (χ4v) is 8.62. The zero-order valence-corrected chi connectivity index (χ0v) is 24.2. The fourth-order valence-electron chi connectivity index (χ4n) is 4.78. The molecule has 2 heterocycles. The van der Waals surface area contributed by atoms with E-state index >= 15 is 0 Å². The van der Waals surface area contributed by atoms with Crippen molar-refractivity contribution >= 4 is 49.9 Å². The number of pyridine rings is 1. The van der Waals surface area contributed by atoms with Crippen molar-refractivity contribution in [2.24, 2.45) is 0 Å². The zero-order valence-electron chi connectivity index (χ0n) is 21.3. The van der Waals surface area contributed by atoms with Crippen molar-refractivity contribution in [1.82, 2.24) is 4.98 Å². The molecule has 3 aromatic carbocycles. The predicted octanol–water partition coefficient (Wildman–Crippen LogP) is 8.93. The molecule has 2 aromatic heterocycles. The van der Waals surface area contributed by atoms with Crippen LogP contribution in [0.5, 0.6) is 0 Å². The van der Waals surface area contributed by atoms with Gasteiger partial charge >= 0.3 is 172 Å². The van der Waals surface area contributed by atoms with Crippen molar-refractivity contribution in [2.75, 3.05) is 0 Å². The van der Waals surface area contributed by atoms with Gasteiger partial charge in [-0.1, -0.05) is 39.0 Å². The van der Waals surface area contributed by atoms with Gasteiger partial charge in [0.15, 0.2) is 0 Å². The molecule has 0 spiro atoms. The summed E-state index contributed by atoms with van der Waals surface area (Å²) in [6.45, 7) is 9.15. The number of hydrogen-bond acceptors (Lipinski definition) is 2. The topological polar surface area (TPSA) is 12.9 Å². The number of benzene rings is 3. The number of fused-ring (bicyclic) bond motifs is 2. The molecule has 172 valence electrons. The number of aromatic nitrogens is 1. The van der Waals surface area contributed by atoms with E-state index in [0.29, 0.717) is 0 Å². The van der Waals surface area contributed by atoms with Gasteiger partial charge in [-0.2, -0.15) is 0 Å². The summed E-state index contributed by atoms with van der Waals surface area (Å²) >= 11 is 0.0301. The molecular formula is C31H33GeNS. The molecule has 3 heteroatoms. The van der Waals surface area contributed by atoms with E-state index in [1.165, 1.54) is 48.0 Å². The third-order valence-corrected chi connectivity index (χ3v) is 12.2. The van der Waals surface area contributed by atoms with E-state index in [2.05, 4.69) is 112 Å². The second-order valence-corrected chi connectivity index (χ2v) is 23.2. The summed E-state index contributed by atoms with van der Waals surface area (Å²) < 4.78 is 2.83. The first-order valence-electron chi connectivity index (χ1n) is 12.1. The minimum atomic E-state index is -1.84. The summed E-state index contributed by atoms with van der Waals surface area (Å²) in [5.41, 5.74) is 6.44. The second kappa shape index (κ2) is 8.35. The maximum atomic E-state index is 4.90. The number of thiophene rings is 1. The number of hydrogen-bond donors (Lipinski definition) is 0. The Morgan fingerprint density at radius 2 is 1.59 bits per heavy atom. The summed E-state index contributed by atoms with van der Waals surface area (Å²) in [6.07, 6.45) is 1.96. The van der Waals surface area contributed by atoms with Gasteiger partial charge < -0.3 is 0 Å². The van der Waals surface area contributed by atoms with E-state index in [1.54, 1.807) is 4.40 Å². The van der Waals surface area contributed by atoms with E-state index < -0.39 is 13.3 Å². The molecule has 0 fully saturated rings. The summed E-state index contributed by atoms with van der Waals surface area (Å²) in [4.78, 5) is 6.23. The van der Waals surface area contributed by atoms with Crippen molar-refractivity contribution < 1.29 is 0 Å². The molecule has 0 N–H and O–H groups in total. The van der Waals surface area contributed by atoms with Crippen LogP contribution in [-0.2, 0) is 5.41 Å². The monoisotopic (exact) mass is 525 g/mol. The van der Waals surface area contributed by atoms with Crippen LogP contribution in [0.4, 0.5) is 0 Å². The Balaban J connectivity index is 1.69. The van der Waals surface area contributed by atoms with Gasteiger partial charge in [-0.25, -0.2) is 0 Å². The summed E-state index contributed by atoms with van der Waals surface area (Å²) in [7, 11) is 0. The maximum absolute atomic E-state index is 4.90.